The van der Waals surface area contributed by atoms with E-state index in [2.05, 4.69) is 53.2 Å². The lowest BCUT2D eigenvalue weighted by atomic mass is 10.0. The number of hydrogen-bond donors (Lipinski definition) is 2. The van der Waals surface area contributed by atoms with E-state index < -0.39 is 0 Å². The average Bonchev–Trinajstić information content (AvgIpc) is 2.90. The molecule has 2 aliphatic rings. The SMILES string of the molecule is CCNC(=NCC(C(C)C)N1CCOCC1)NCCCN1CCCN(C)CC1. The first kappa shape index (κ1) is 23.4. The van der Waals surface area contributed by atoms with Gasteiger partial charge in [0.25, 0.3) is 0 Å². The van der Waals surface area contributed by atoms with Crippen molar-refractivity contribution in [3.63, 3.8) is 0 Å². The zero-order valence-corrected chi connectivity index (χ0v) is 18.8. The fourth-order valence-corrected chi connectivity index (χ4v) is 4.02. The van der Waals surface area contributed by atoms with Gasteiger partial charge in [-0.05, 0) is 52.4 Å². The Morgan fingerprint density at radius 3 is 2.54 bits per heavy atom. The third-order valence-electron chi connectivity index (χ3n) is 5.82. The van der Waals surface area contributed by atoms with Gasteiger partial charge in [-0.3, -0.25) is 9.89 Å². The Balaban J connectivity index is 1.75. The topological polar surface area (TPSA) is 55.4 Å². The molecule has 0 aromatic rings. The van der Waals surface area contributed by atoms with Crippen molar-refractivity contribution in [3.8, 4) is 0 Å². The fourth-order valence-electron chi connectivity index (χ4n) is 4.02. The molecule has 7 nitrogen and oxygen atoms in total. The summed E-state index contributed by atoms with van der Waals surface area (Å²) < 4.78 is 5.51. The molecule has 0 amide bonds. The largest absolute Gasteiger partial charge is 0.379 e. The Bertz CT molecular complexity index is 439. The molecular weight excluding hydrogens is 352 g/mol. The second kappa shape index (κ2) is 13.4. The van der Waals surface area contributed by atoms with Crippen LogP contribution in [-0.2, 0) is 4.74 Å². The van der Waals surface area contributed by atoms with Crippen molar-refractivity contribution < 1.29 is 4.74 Å². The summed E-state index contributed by atoms with van der Waals surface area (Å²) in [6.07, 6.45) is 2.44. The molecule has 28 heavy (non-hydrogen) atoms. The molecule has 0 bridgehead atoms. The molecule has 0 aromatic carbocycles. The lowest BCUT2D eigenvalue weighted by Crippen LogP contribution is -2.48. The highest BCUT2D eigenvalue weighted by Gasteiger charge is 2.23. The lowest BCUT2D eigenvalue weighted by molar-refractivity contribution is 0.00867. The van der Waals surface area contributed by atoms with E-state index in [1.54, 1.807) is 0 Å². The van der Waals surface area contributed by atoms with Gasteiger partial charge < -0.3 is 25.2 Å². The molecule has 7 heteroatoms. The molecule has 2 fully saturated rings. The van der Waals surface area contributed by atoms with Gasteiger partial charge >= 0.3 is 0 Å². The minimum Gasteiger partial charge on any atom is -0.379 e. The molecule has 2 aliphatic heterocycles. The van der Waals surface area contributed by atoms with E-state index in [1.165, 1.54) is 39.1 Å². The highest BCUT2D eigenvalue weighted by molar-refractivity contribution is 5.79. The molecule has 2 N–H and O–H groups in total. The number of nitrogens with one attached hydrogen (secondary N) is 2. The Kier molecular flexibility index (Phi) is 11.2. The summed E-state index contributed by atoms with van der Waals surface area (Å²) in [6.45, 7) is 19.2. The predicted molar refractivity (Wildman–Crippen MR) is 118 cm³/mol. The van der Waals surface area contributed by atoms with Gasteiger partial charge in [0.05, 0.1) is 19.8 Å². The molecule has 2 heterocycles. The van der Waals surface area contributed by atoms with Crippen LogP contribution in [0.3, 0.4) is 0 Å². The van der Waals surface area contributed by atoms with E-state index in [0.717, 1.165) is 58.3 Å². The average molecular weight is 397 g/mol. The van der Waals surface area contributed by atoms with Crippen LogP contribution in [0.1, 0.15) is 33.6 Å². The number of morpholine rings is 1. The second-order valence-corrected chi connectivity index (χ2v) is 8.46. The predicted octanol–water partition coefficient (Wildman–Crippen LogP) is 0.926. The molecule has 2 saturated heterocycles. The summed E-state index contributed by atoms with van der Waals surface area (Å²) in [4.78, 5) is 12.5. The number of nitrogens with zero attached hydrogens (tertiary/aromatic N) is 4. The lowest BCUT2D eigenvalue weighted by Gasteiger charge is -2.36. The number of guanidine groups is 1. The molecule has 164 valence electrons. The van der Waals surface area contributed by atoms with Gasteiger partial charge in [0.2, 0.25) is 0 Å². The highest BCUT2D eigenvalue weighted by atomic mass is 16.5. The van der Waals surface area contributed by atoms with E-state index in [1.807, 2.05) is 0 Å². The van der Waals surface area contributed by atoms with E-state index in [9.17, 15) is 0 Å². The van der Waals surface area contributed by atoms with Gasteiger partial charge in [0, 0.05) is 45.3 Å². The van der Waals surface area contributed by atoms with Crippen LogP contribution in [0.2, 0.25) is 0 Å². The van der Waals surface area contributed by atoms with Crippen LogP contribution in [0, 0.1) is 5.92 Å². The van der Waals surface area contributed by atoms with Gasteiger partial charge in [0.1, 0.15) is 0 Å². The van der Waals surface area contributed by atoms with Crippen LogP contribution < -0.4 is 10.6 Å². The summed E-state index contributed by atoms with van der Waals surface area (Å²) >= 11 is 0. The van der Waals surface area contributed by atoms with Crippen LogP contribution in [0.25, 0.3) is 0 Å². The number of hydrogen-bond acceptors (Lipinski definition) is 5. The summed E-state index contributed by atoms with van der Waals surface area (Å²) in [5.41, 5.74) is 0. The van der Waals surface area contributed by atoms with Crippen molar-refractivity contribution in [3.05, 3.63) is 0 Å². The van der Waals surface area contributed by atoms with Crippen molar-refractivity contribution in [2.24, 2.45) is 10.9 Å². The van der Waals surface area contributed by atoms with Gasteiger partial charge in [-0.15, -0.1) is 0 Å². The van der Waals surface area contributed by atoms with Crippen molar-refractivity contribution >= 4 is 5.96 Å². The number of likely N-dealkylation sites (N-methyl/N-ethyl adjacent to an activating group) is 1. The van der Waals surface area contributed by atoms with Crippen molar-refractivity contribution in [2.45, 2.75) is 39.7 Å². The molecule has 2 rings (SSSR count). The standard InChI is InChI=1S/C21H44N6O/c1-5-22-21(23-8-6-10-26-11-7-9-25(4)12-13-26)24-18-20(19(2)3)27-14-16-28-17-15-27/h19-20H,5-18H2,1-4H3,(H2,22,23,24). The first-order valence-electron chi connectivity index (χ1n) is 11.3. The molecule has 0 radical (unpaired) electrons. The normalized spacial score (nSPS) is 22.2. The van der Waals surface area contributed by atoms with E-state index in [0.29, 0.717) is 12.0 Å². The maximum Gasteiger partial charge on any atom is 0.191 e. The van der Waals surface area contributed by atoms with E-state index in [4.69, 9.17) is 9.73 Å². The van der Waals surface area contributed by atoms with Crippen LogP contribution in [0.5, 0.6) is 0 Å². The van der Waals surface area contributed by atoms with Crippen LogP contribution in [0.15, 0.2) is 4.99 Å². The Morgan fingerprint density at radius 1 is 1.04 bits per heavy atom. The van der Waals surface area contributed by atoms with Gasteiger partial charge in [0.15, 0.2) is 5.96 Å². The summed E-state index contributed by atoms with van der Waals surface area (Å²) in [5, 5.41) is 6.95. The summed E-state index contributed by atoms with van der Waals surface area (Å²) in [7, 11) is 2.23. The minimum atomic E-state index is 0.480. The number of ether oxygens (including phenoxy) is 1. The molecule has 0 aliphatic carbocycles. The monoisotopic (exact) mass is 396 g/mol. The first-order valence-corrected chi connectivity index (χ1v) is 11.3. The van der Waals surface area contributed by atoms with Crippen LogP contribution >= 0.6 is 0 Å². The maximum atomic E-state index is 5.51. The smallest absolute Gasteiger partial charge is 0.191 e. The molecular formula is C21H44N6O. The zero-order valence-electron chi connectivity index (χ0n) is 18.8. The van der Waals surface area contributed by atoms with Gasteiger partial charge in [-0.1, -0.05) is 13.8 Å². The molecule has 0 spiro atoms. The minimum absolute atomic E-state index is 0.480. The summed E-state index contributed by atoms with van der Waals surface area (Å²) in [5.74, 6) is 1.54. The number of rotatable bonds is 9. The molecule has 0 saturated carbocycles. The maximum absolute atomic E-state index is 5.51. The Labute approximate surface area is 172 Å². The van der Waals surface area contributed by atoms with Crippen molar-refractivity contribution in [2.75, 3.05) is 85.7 Å². The Hall–Kier alpha value is -0.890. The third-order valence-corrected chi connectivity index (χ3v) is 5.82. The van der Waals surface area contributed by atoms with Gasteiger partial charge in [-0.25, -0.2) is 0 Å². The highest BCUT2D eigenvalue weighted by Crippen LogP contribution is 2.13. The molecule has 0 aromatic heterocycles. The van der Waals surface area contributed by atoms with Crippen LogP contribution in [0.4, 0.5) is 0 Å². The fraction of sp³-hybridized carbons (Fsp3) is 0.952. The third kappa shape index (κ3) is 8.64. The Morgan fingerprint density at radius 2 is 1.82 bits per heavy atom. The zero-order chi connectivity index (χ0) is 20.2. The van der Waals surface area contributed by atoms with Crippen molar-refractivity contribution in [1.29, 1.82) is 0 Å². The molecule has 1 atom stereocenters. The van der Waals surface area contributed by atoms with E-state index >= 15 is 0 Å². The molecule has 1 unspecified atom stereocenters. The first-order chi connectivity index (χ1) is 13.6. The van der Waals surface area contributed by atoms with Gasteiger partial charge in [-0.2, -0.15) is 0 Å². The second-order valence-electron chi connectivity index (χ2n) is 8.46. The summed E-state index contributed by atoms with van der Waals surface area (Å²) in [6, 6.07) is 0.480. The van der Waals surface area contributed by atoms with Crippen molar-refractivity contribution in [1.82, 2.24) is 25.3 Å². The van der Waals surface area contributed by atoms with Crippen LogP contribution in [-0.4, -0.2) is 112 Å². The number of aliphatic imine (C=N–C) groups is 1. The quantitative estimate of drug-likeness (QED) is 0.344. The van der Waals surface area contributed by atoms with E-state index in [-0.39, 0.29) is 0 Å².